The Bertz CT molecular complexity index is 440. The summed E-state index contributed by atoms with van der Waals surface area (Å²) in [5.41, 5.74) is 0.810. The molecular weight excluding hydrogens is 264 g/mol. The van der Waals surface area contributed by atoms with Crippen LogP contribution in [0.1, 0.15) is 11.1 Å². The van der Waals surface area contributed by atoms with Gasteiger partial charge in [-0.2, -0.15) is 5.26 Å². The molecule has 0 saturated heterocycles. The highest BCUT2D eigenvalue weighted by Crippen LogP contribution is 2.30. The van der Waals surface area contributed by atoms with Gasteiger partial charge in [-0.05, 0) is 5.56 Å². The lowest BCUT2D eigenvalue weighted by Gasteiger charge is -2.04. The van der Waals surface area contributed by atoms with Gasteiger partial charge in [-0.1, -0.05) is 15.9 Å². The van der Waals surface area contributed by atoms with Gasteiger partial charge < -0.3 is 4.74 Å². The normalized spacial score (nSPS) is 9.40. The molecule has 78 valence electrons. The SMILES string of the molecule is COc1cc(C#N)c(CBr)cc1[N+](=O)[O-]. The van der Waals surface area contributed by atoms with Crippen molar-refractivity contribution in [2.24, 2.45) is 0 Å². The van der Waals surface area contributed by atoms with Gasteiger partial charge >= 0.3 is 5.69 Å². The van der Waals surface area contributed by atoms with E-state index >= 15 is 0 Å². The molecule has 0 N–H and O–H groups in total. The van der Waals surface area contributed by atoms with Gasteiger partial charge in [0.05, 0.1) is 23.7 Å². The number of rotatable bonds is 3. The summed E-state index contributed by atoms with van der Waals surface area (Å²) in [5.74, 6) is 0.0984. The molecule has 1 aromatic carbocycles. The Labute approximate surface area is 94.6 Å². The minimum Gasteiger partial charge on any atom is -0.490 e. The van der Waals surface area contributed by atoms with E-state index in [0.29, 0.717) is 16.5 Å². The third kappa shape index (κ3) is 2.25. The van der Waals surface area contributed by atoms with Crippen LogP contribution in [0.25, 0.3) is 0 Å². The largest absolute Gasteiger partial charge is 0.490 e. The second-order valence-electron chi connectivity index (χ2n) is 2.68. The average Bonchev–Trinajstić information content (AvgIpc) is 2.26. The monoisotopic (exact) mass is 270 g/mol. The first-order valence-corrected chi connectivity index (χ1v) is 5.07. The Morgan fingerprint density at radius 1 is 1.67 bits per heavy atom. The molecular formula is C9H7BrN2O3. The molecule has 0 atom stereocenters. The Balaban J connectivity index is 3.42. The molecule has 5 nitrogen and oxygen atoms in total. The summed E-state index contributed by atoms with van der Waals surface area (Å²) in [6, 6.07) is 4.66. The summed E-state index contributed by atoms with van der Waals surface area (Å²) in [6.45, 7) is 0. The summed E-state index contributed by atoms with van der Waals surface area (Å²) in [7, 11) is 1.33. The molecule has 0 bridgehead atoms. The molecule has 0 aliphatic heterocycles. The zero-order valence-electron chi connectivity index (χ0n) is 7.86. The second-order valence-corrected chi connectivity index (χ2v) is 3.24. The minimum atomic E-state index is -0.536. The number of methoxy groups -OCH3 is 1. The van der Waals surface area contributed by atoms with Crippen LogP contribution in [0.5, 0.6) is 5.75 Å². The predicted octanol–water partition coefficient (Wildman–Crippen LogP) is 2.37. The lowest BCUT2D eigenvalue weighted by molar-refractivity contribution is -0.385. The zero-order valence-corrected chi connectivity index (χ0v) is 9.44. The molecule has 0 aliphatic rings. The predicted molar refractivity (Wildman–Crippen MR) is 57.0 cm³/mol. The van der Waals surface area contributed by atoms with Gasteiger partial charge in [-0.15, -0.1) is 0 Å². The lowest BCUT2D eigenvalue weighted by atomic mass is 10.1. The molecule has 0 radical (unpaired) electrons. The van der Waals surface area contributed by atoms with E-state index in [9.17, 15) is 10.1 Å². The number of nitriles is 1. The molecule has 15 heavy (non-hydrogen) atoms. The summed E-state index contributed by atoms with van der Waals surface area (Å²) >= 11 is 3.16. The van der Waals surface area contributed by atoms with Crippen molar-refractivity contribution in [3.63, 3.8) is 0 Å². The topological polar surface area (TPSA) is 76.2 Å². The van der Waals surface area contributed by atoms with Crippen molar-refractivity contribution in [1.29, 1.82) is 5.26 Å². The first kappa shape index (κ1) is 11.5. The van der Waals surface area contributed by atoms with Crippen LogP contribution in [0.4, 0.5) is 5.69 Å². The van der Waals surface area contributed by atoms with E-state index in [1.54, 1.807) is 0 Å². The molecule has 6 heteroatoms. The highest BCUT2D eigenvalue weighted by Gasteiger charge is 2.18. The highest BCUT2D eigenvalue weighted by atomic mass is 79.9. The summed E-state index contributed by atoms with van der Waals surface area (Å²) in [4.78, 5) is 10.1. The maximum atomic E-state index is 10.7. The highest BCUT2D eigenvalue weighted by molar-refractivity contribution is 9.08. The van der Waals surface area contributed by atoms with Gasteiger partial charge in [0.15, 0.2) is 5.75 Å². The van der Waals surface area contributed by atoms with Gasteiger partial charge in [0, 0.05) is 17.5 Å². The molecule has 0 amide bonds. The number of alkyl halides is 1. The minimum absolute atomic E-state index is 0.0984. The molecule has 0 heterocycles. The molecule has 0 spiro atoms. The van der Waals surface area contributed by atoms with Crippen molar-refractivity contribution >= 4 is 21.6 Å². The fourth-order valence-corrected chi connectivity index (χ4v) is 1.60. The van der Waals surface area contributed by atoms with Gasteiger partial charge in [0.1, 0.15) is 0 Å². The number of halogens is 1. The Morgan fingerprint density at radius 3 is 2.73 bits per heavy atom. The van der Waals surface area contributed by atoms with Crippen LogP contribution in [0.2, 0.25) is 0 Å². The number of benzene rings is 1. The van der Waals surface area contributed by atoms with E-state index in [0.717, 1.165) is 0 Å². The van der Waals surface area contributed by atoms with Crippen LogP contribution in [0.15, 0.2) is 12.1 Å². The van der Waals surface area contributed by atoms with E-state index in [1.807, 2.05) is 6.07 Å². The number of nitro groups is 1. The Kier molecular flexibility index (Phi) is 3.63. The molecule has 0 unspecified atom stereocenters. The van der Waals surface area contributed by atoms with Crippen molar-refractivity contribution in [1.82, 2.24) is 0 Å². The van der Waals surface area contributed by atoms with Gasteiger partial charge in [-0.3, -0.25) is 10.1 Å². The van der Waals surface area contributed by atoms with E-state index in [2.05, 4.69) is 15.9 Å². The van der Waals surface area contributed by atoms with Gasteiger partial charge in [-0.25, -0.2) is 0 Å². The van der Waals surface area contributed by atoms with Crippen LogP contribution < -0.4 is 4.74 Å². The van der Waals surface area contributed by atoms with Crippen molar-refractivity contribution < 1.29 is 9.66 Å². The van der Waals surface area contributed by atoms with Crippen molar-refractivity contribution in [3.8, 4) is 11.8 Å². The smallest absolute Gasteiger partial charge is 0.311 e. The van der Waals surface area contributed by atoms with E-state index in [4.69, 9.17) is 10.00 Å². The fourth-order valence-electron chi connectivity index (χ4n) is 1.13. The van der Waals surface area contributed by atoms with Gasteiger partial charge in [0.25, 0.3) is 0 Å². The van der Waals surface area contributed by atoms with Crippen molar-refractivity contribution in [2.45, 2.75) is 5.33 Å². The van der Waals surface area contributed by atoms with Crippen LogP contribution in [-0.4, -0.2) is 12.0 Å². The summed E-state index contributed by atoms with van der Waals surface area (Å²) < 4.78 is 4.84. The maximum Gasteiger partial charge on any atom is 0.311 e. The van der Waals surface area contributed by atoms with E-state index < -0.39 is 4.92 Å². The molecule has 0 saturated carbocycles. The molecule has 1 rings (SSSR count). The Hall–Kier alpha value is -1.61. The first-order valence-electron chi connectivity index (χ1n) is 3.95. The molecule has 0 aliphatic carbocycles. The average molecular weight is 271 g/mol. The number of hydrogen-bond donors (Lipinski definition) is 0. The molecule has 1 aromatic rings. The number of nitro benzene ring substituents is 1. The number of nitrogens with zero attached hydrogens (tertiary/aromatic N) is 2. The third-order valence-corrected chi connectivity index (χ3v) is 2.47. The summed E-state index contributed by atoms with van der Waals surface area (Å²) in [5, 5.41) is 19.9. The van der Waals surface area contributed by atoms with Crippen LogP contribution in [0, 0.1) is 21.4 Å². The molecule has 0 aromatic heterocycles. The number of ether oxygens (including phenoxy) is 1. The third-order valence-electron chi connectivity index (χ3n) is 1.87. The lowest BCUT2D eigenvalue weighted by Crippen LogP contribution is -1.97. The fraction of sp³-hybridized carbons (Fsp3) is 0.222. The van der Waals surface area contributed by atoms with Crippen molar-refractivity contribution in [2.75, 3.05) is 7.11 Å². The van der Waals surface area contributed by atoms with E-state index in [1.165, 1.54) is 19.2 Å². The quantitative estimate of drug-likeness (QED) is 0.480. The van der Waals surface area contributed by atoms with Gasteiger partial charge in [0.2, 0.25) is 0 Å². The second kappa shape index (κ2) is 4.75. The standard InChI is InChI=1S/C9H7BrN2O3/c1-15-9-3-7(5-11)6(4-10)2-8(9)12(13)14/h2-3H,4H2,1H3. The first-order chi connectivity index (χ1) is 7.13. The Morgan fingerprint density at radius 2 is 2.33 bits per heavy atom. The van der Waals surface area contributed by atoms with Crippen molar-refractivity contribution in [3.05, 3.63) is 33.4 Å². The van der Waals surface area contributed by atoms with Crippen LogP contribution >= 0.6 is 15.9 Å². The number of hydrogen-bond acceptors (Lipinski definition) is 4. The van der Waals surface area contributed by atoms with Crippen LogP contribution in [-0.2, 0) is 5.33 Å². The van der Waals surface area contributed by atoms with E-state index in [-0.39, 0.29) is 11.4 Å². The zero-order chi connectivity index (χ0) is 11.4. The molecule has 0 fully saturated rings. The van der Waals surface area contributed by atoms with Crippen LogP contribution in [0.3, 0.4) is 0 Å². The summed E-state index contributed by atoms with van der Waals surface area (Å²) in [6.07, 6.45) is 0. The maximum absolute atomic E-state index is 10.7.